The van der Waals surface area contributed by atoms with Gasteiger partial charge < -0.3 is 5.11 Å². The van der Waals surface area contributed by atoms with Crippen LogP contribution in [0.5, 0.6) is 0 Å². The molecule has 0 aliphatic carbocycles. The molecule has 2 aromatic rings. The second-order valence-electron chi connectivity index (χ2n) is 4.19. The minimum absolute atomic E-state index is 0.402. The molecule has 1 N–H and O–H groups in total. The summed E-state index contributed by atoms with van der Waals surface area (Å²) in [5.41, 5.74) is 1.98. The molecule has 92 valence electrons. The van der Waals surface area contributed by atoms with Crippen LogP contribution in [0.3, 0.4) is 0 Å². The van der Waals surface area contributed by atoms with Crippen LogP contribution >= 0.6 is 11.3 Å². The van der Waals surface area contributed by atoms with Gasteiger partial charge in [-0.3, -0.25) is 4.68 Å². The minimum Gasteiger partial charge on any atom is -0.388 e. The molecule has 0 bridgehead atoms. The van der Waals surface area contributed by atoms with E-state index in [2.05, 4.69) is 23.5 Å². The lowest BCUT2D eigenvalue weighted by Gasteiger charge is -2.09. The van der Waals surface area contributed by atoms with Crippen LogP contribution in [0.1, 0.15) is 35.6 Å². The number of aliphatic hydroxyl groups is 1. The molecule has 0 fully saturated rings. The average Bonchev–Trinajstić information content (AvgIpc) is 2.94. The quantitative estimate of drug-likeness (QED) is 0.886. The molecule has 4 heteroatoms. The van der Waals surface area contributed by atoms with Crippen LogP contribution in [0.2, 0.25) is 0 Å². The zero-order valence-electron chi connectivity index (χ0n) is 10.3. The molecule has 2 aromatic heterocycles. The first-order valence-electron chi connectivity index (χ1n) is 5.93. The van der Waals surface area contributed by atoms with Gasteiger partial charge in [0.05, 0.1) is 11.8 Å². The number of rotatable bonds is 5. The summed E-state index contributed by atoms with van der Waals surface area (Å²) in [5, 5.41) is 16.6. The Kier molecular flexibility index (Phi) is 3.97. The van der Waals surface area contributed by atoms with E-state index in [1.54, 1.807) is 16.0 Å². The van der Waals surface area contributed by atoms with E-state index in [4.69, 9.17) is 0 Å². The highest BCUT2D eigenvalue weighted by molar-refractivity contribution is 7.09. The van der Waals surface area contributed by atoms with Gasteiger partial charge in [-0.25, -0.2) is 0 Å². The molecule has 2 heterocycles. The summed E-state index contributed by atoms with van der Waals surface area (Å²) in [4.78, 5) is 1.32. The molecule has 0 amide bonds. The lowest BCUT2D eigenvalue weighted by Crippen LogP contribution is -2.01. The van der Waals surface area contributed by atoms with Crippen molar-refractivity contribution >= 4 is 11.3 Å². The second-order valence-corrected chi connectivity index (χ2v) is 5.22. The van der Waals surface area contributed by atoms with Crippen LogP contribution < -0.4 is 0 Å². The largest absolute Gasteiger partial charge is 0.388 e. The Morgan fingerprint density at radius 3 is 3.00 bits per heavy atom. The van der Waals surface area contributed by atoms with Gasteiger partial charge in [0.15, 0.2) is 0 Å². The maximum Gasteiger partial charge on any atom is 0.0826 e. The smallest absolute Gasteiger partial charge is 0.0826 e. The third-order valence-corrected chi connectivity index (χ3v) is 3.81. The molecule has 0 saturated heterocycles. The Bertz CT molecular complexity index is 462. The van der Waals surface area contributed by atoms with Crippen LogP contribution in [0.15, 0.2) is 23.7 Å². The fourth-order valence-corrected chi connectivity index (χ4v) is 2.72. The topological polar surface area (TPSA) is 38.0 Å². The van der Waals surface area contributed by atoms with Gasteiger partial charge >= 0.3 is 0 Å². The molecule has 0 aliphatic rings. The van der Waals surface area contributed by atoms with Gasteiger partial charge in [-0.05, 0) is 30.7 Å². The van der Waals surface area contributed by atoms with Crippen molar-refractivity contribution in [3.63, 3.8) is 0 Å². The van der Waals surface area contributed by atoms with Crippen LogP contribution in [0.4, 0.5) is 0 Å². The van der Waals surface area contributed by atoms with Crippen molar-refractivity contribution in [2.24, 2.45) is 7.05 Å². The Morgan fingerprint density at radius 2 is 2.35 bits per heavy atom. The first kappa shape index (κ1) is 12.3. The SMILES string of the molecule is CCc1nn(C)cc1C(O)CCc1cccs1. The number of hydrogen-bond donors (Lipinski definition) is 1. The Morgan fingerprint density at radius 1 is 1.53 bits per heavy atom. The van der Waals surface area contributed by atoms with Gasteiger partial charge in [0, 0.05) is 23.7 Å². The van der Waals surface area contributed by atoms with Gasteiger partial charge in [-0.1, -0.05) is 13.0 Å². The standard InChI is InChI=1S/C13H18N2OS/c1-3-12-11(9-15(2)14-12)13(16)7-6-10-5-4-8-17-10/h4-5,8-9,13,16H,3,6-7H2,1-2H3. The summed E-state index contributed by atoms with van der Waals surface area (Å²) in [5.74, 6) is 0. The summed E-state index contributed by atoms with van der Waals surface area (Å²) in [6.45, 7) is 2.07. The van der Waals surface area contributed by atoms with E-state index in [0.717, 1.165) is 30.5 Å². The summed E-state index contributed by atoms with van der Waals surface area (Å²) in [7, 11) is 1.90. The second kappa shape index (κ2) is 5.47. The predicted molar refractivity (Wildman–Crippen MR) is 70.2 cm³/mol. The number of hydrogen-bond acceptors (Lipinski definition) is 3. The monoisotopic (exact) mass is 250 g/mol. The molecular formula is C13H18N2OS. The molecule has 0 aromatic carbocycles. The van der Waals surface area contributed by atoms with E-state index in [-0.39, 0.29) is 0 Å². The van der Waals surface area contributed by atoms with Crippen LogP contribution in [0, 0.1) is 0 Å². The molecule has 17 heavy (non-hydrogen) atoms. The van der Waals surface area contributed by atoms with E-state index in [1.807, 2.05) is 19.3 Å². The number of aromatic nitrogens is 2. The van der Waals surface area contributed by atoms with Crippen molar-refractivity contribution in [2.75, 3.05) is 0 Å². The maximum absolute atomic E-state index is 10.2. The third-order valence-electron chi connectivity index (χ3n) is 2.88. The lowest BCUT2D eigenvalue weighted by atomic mass is 10.0. The first-order chi connectivity index (χ1) is 8.20. The van der Waals surface area contributed by atoms with E-state index < -0.39 is 6.10 Å². The zero-order chi connectivity index (χ0) is 12.3. The molecule has 2 rings (SSSR count). The average molecular weight is 250 g/mol. The van der Waals surface area contributed by atoms with Crippen molar-refractivity contribution < 1.29 is 5.11 Å². The van der Waals surface area contributed by atoms with Gasteiger partial charge in [0.2, 0.25) is 0 Å². The molecule has 0 spiro atoms. The van der Waals surface area contributed by atoms with Crippen LogP contribution in [-0.4, -0.2) is 14.9 Å². The van der Waals surface area contributed by atoms with Crippen LogP contribution in [-0.2, 0) is 19.9 Å². The fourth-order valence-electron chi connectivity index (χ4n) is 2.00. The Labute approximate surface area is 106 Å². The van der Waals surface area contributed by atoms with Crippen molar-refractivity contribution in [3.05, 3.63) is 39.8 Å². The Hall–Kier alpha value is -1.13. The molecular weight excluding hydrogens is 232 g/mol. The molecule has 1 unspecified atom stereocenters. The molecule has 0 saturated carbocycles. The van der Waals surface area contributed by atoms with Crippen molar-refractivity contribution in [3.8, 4) is 0 Å². The van der Waals surface area contributed by atoms with Crippen molar-refractivity contribution in [2.45, 2.75) is 32.3 Å². The van der Waals surface area contributed by atoms with E-state index in [1.165, 1.54) is 4.88 Å². The summed E-state index contributed by atoms with van der Waals surface area (Å²) in [6, 6.07) is 4.16. The lowest BCUT2D eigenvalue weighted by molar-refractivity contribution is 0.167. The number of nitrogens with zero attached hydrogens (tertiary/aromatic N) is 2. The van der Waals surface area contributed by atoms with Crippen LogP contribution in [0.25, 0.3) is 0 Å². The predicted octanol–water partition coefficient (Wildman–Crippen LogP) is 2.71. The number of thiophene rings is 1. The summed E-state index contributed by atoms with van der Waals surface area (Å²) in [6.07, 6.45) is 4.08. The fraction of sp³-hybridized carbons (Fsp3) is 0.462. The Balaban J connectivity index is 2.01. The van der Waals surface area contributed by atoms with E-state index in [9.17, 15) is 5.11 Å². The maximum atomic E-state index is 10.2. The van der Waals surface area contributed by atoms with Crippen molar-refractivity contribution in [1.82, 2.24) is 9.78 Å². The van der Waals surface area contributed by atoms with Gasteiger partial charge in [0.25, 0.3) is 0 Å². The zero-order valence-corrected chi connectivity index (χ0v) is 11.1. The number of aliphatic hydroxyl groups excluding tert-OH is 1. The molecule has 1 atom stereocenters. The van der Waals surface area contributed by atoms with Gasteiger partial charge in [-0.15, -0.1) is 11.3 Å². The summed E-state index contributed by atoms with van der Waals surface area (Å²) >= 11 is 1.74. The van der Waals surface area contributed by atoms with Gasteiger partial charge in [0.1, 0.15) is 0 Å². The van der Waals surface area contributed by atoms with Gasteiger partial charge in [-0.2, -0.15) is 5.10 Å². The highest BCUT2D eigenvalue weighted by atomic mass is 32.1. The van der Waals surface area contributed by atoms with Crippen molar-refractivity contribution in [1.29, 1.82) is 0 Å². The molecule has 0 aliphatic heterocycles. The summed E-state index contributed by atoms with van der Waals surface area (Å²) < 4.78 is 1.78. The normalized spacial score (nSPS) is 12.9. The number of aryl methyl sites for hydroxylation is 3. The highest BCUT2D eigenvalue weighted by Gasteiger charge is 2.15. The highest BCUT2D eigenvalue weighted by Crippen LogP contribution is 2.23. The van der Waals surface area contributed by atoms with E-state index in [0.29, 0.717) is 0 Å². The third kappa shape index (κ3) is 2.96. The van der Waals surface area contributed by atoms with E-state index >= 15 is 0 Å². The molecule has 0 radical (unpaired) electrons. The minimum atomic E-state index is -0.402. The molecule has 3 nitrogen and oxygen atoms in total. The first-order valence-corrected chi connectivity index (χ1v) is 6.81.